The number of thiophene rings is 1. The summed E-state index contributed by atoms with van der Waals surface area (Å²) in [6.45, 7) is 3.59. The average molecular weight is 378 g/mol. The first-order valence-electron chi connectivity index (χ1n) is 8.09. The number of carbonyl (C=O) groups is 1. The van der Waals surface area contributed by atoms with E-state index in [1.54, 1.807) is 19.1 Å². The van der Waals surface area contributed by atoms with Crippen LogP contribution in [0.3, 0.4) is 0 Å². The van der Waals surface area contributed by atoms with E-state index < -0.39 is 11.7 Å². The SMILES string of the molecule is Cc1cc(C(=O)CCc2sc3cc(C(F)(F)F)ccc3c2C)ccc1O. The second-order valence-electron chi connectivity index (χ2n) is 6.28. The Morgan fingerprint density at radius 1 is 1.12 bits per heavy atom. The summed E-state index contributed by atoms with van der Waals surface area (Å²) < 4.78 is 39.2. The van der Waals surface area contributed by atoms with Crippen LogP contribution >= 0.6 is 11.3 Å². The zero-order valence-electron chi connectivity index (χ0n) is 14.3. The molecule has 1 N–H and O–H groups in total. The van der Waals surface area contributed by atoms with Gasteiger partial charge in [-0.25, -0.2) is 0 Å². The Bertz CT molecular complexity index is 987. The average Bonchev–Trinajstić information content (AvgIpc) is 2.90. The number of phenols is 1. The molecule has 0 radical (unpaired) electrons. The van der Waals surface area contributed by atoms with Gasteiger partial charge >= 0.3 is 6.18 Å². The Kier molecular flexibility index (Phi) is 4.80. The zero-order chi connectivity index (χ0) is 19.1. The van der Waals surface area contributed by atoms with Crippen LogP contribution in [0.4, 0.5) is 13.2 Å². The molecule has 0 spiro atoms. The largest absolute Gasteiger partial charge is 0.508 e. The monoisotopic (exact) mass is 378 g/mol. The van der Waals surface area contributed by atoms with Gasteiger partial charge in [-0.05, 0) is 67.1 Å². The van der Waals surface area contributed by atoms with Gasteiger partial charge in [-0.1, -0.05) is 6.07 Å². The number of rotatable bonds is 4. The molecule has 0 fully saturated rings. The van der Waals surface area contributed by atoms with Crippen molar-refractivity contribution in [3.8, 4) is 5.75 Å². The highest BCUT2D eigenvalue weighted by molar-refractivity contribution is 7.19. The number of carbonyl (C=O) groups excluding carboxylic acids is 1. The number of phenolic OH excluding ortho intramolecular Hbond substituents is 1. The molecule has 0 saturated carbocycles. The van der Waals surface area contributed by atoms with Gasteiger partial charge in [0, 0.05) is 21.6 Å². The van der Waals surface area contributed by atoms with E-state index in [1.807, 2.05) is 6.92 Å². The fraction of sp³-hybridized carbons (Fsp3) is 0.250. The van der Waals surface area contributed by atoms with Crippen LogP contribution in [-0.4, -0.2) is 10.9 Å². The van der Waals surface area contributed by atoms with Gasteiger partial charge in [-0.2, -0.15) is 13.2 Å². The van der Waals surface area contributed by atoms with Crippen LogP contribution in [0, 0.1) is 13.8 Å². The number of hydrogen-bond donors (Lipinski definition) is 1. The third kappa shape index (κ3) is 3.60. The molecule has 136 valence electrons. The summed E-state index contributed by atoms with van der Waals surface area (Å²) in [7, 11) is 0. The van der Waals surface area contributed by atoms with Crippen molar-refractivity contribution < 1.29 is 23.1 Å². The Balaban J connectivity index is 1.81. The molecule has 0 atom stereocenters. The Morgan fingerprint density at radius 2 is 1.85 bits per heavy atom. The van der Waals surface area contributed by atoms with Crippen LogP contribution in [-0.2, 0) is 12.6 Å². The summed E-state index contributed by atoms with van der Waals surface area (Å²) >= 11 is 1.30. The molecule has 1 heterocycles. The van der Waals surface area contributed by atoms with Crippen molar-refractivity contribution in [2.24, 2.45) is 0 Å². The molecule has 3 aromatic rings. The Morgan fingerprint density at radius 3 is 2.50 bits per heavy atom. The van der Waals surface area contributed by atoms with Crippen LogP contribution in [0.2, 0.25) is 0 Å². The van der Waals surface area contributed by atoms with Crippen LogP contribution in [0.1, 0.15) is 38.3 Å². The summed E-state index contributed by atoms with van der Waals surface area (Å²) in [6, 6.07) is 8.48. The van der Waals surface area contributed by atoms with Gasteiger partial charge in [0.25, 0.3) is 0 Å². The van der Waals surface area contributed by atoms with E-state index in [1.165, 1.54) is 29.5 Å². The lowest BCUT2D eigenvalue weighted by molar-refractivity contribution is -0.137. The van der Waals surface area contributed by atoms with E-state index in [4.69, 9.17) is 0 Å². The first-order chi connectivity index (χ1) is 12.2. The molecule has 26 heavy (non-hydrogen) atoms. The van der Waals surface area contributed by atoms with Crippen LogP contribution in [0.15, 0.2) is 36.4 Å². The molecule has 0 saturated heterocycles. The van der Waals surface area contributed by atoms with Gasteiger partial charge in [0.15, 0.2) is 5.78 Å². The van der Waals surface area contributed by atoms with E-state index in [0.717, 1.165) is 21.9 Å². The van der Waals surface area contributed by atoms with Gasteiger partial charge in [0.05, 0.1) is 5.56 Å². The number of benzene rings is 2. The number of halogens is 3. The predicted molar refractivity (Wildman–Crippen MR) is 97.1 cm³/mol. The molecule has 0 aliphatic rings. The number of ketones is 1. The van der Waals surface area contributed by atoms with Crippen molar-refractivity contribution in [2.45, 2.75) is 32.9 Å². The molecule has 3 rings (SSSR count). The molecule has 2 nitrogen and oxygen atoms in total. The maximum absolute atomic E-state index is 12.9. The summed E-state index contributed by atoms with van der Waals surface area (Å²) in [5.74, 6) is 0.0864. The highest BCUT2D eigenvalue weighted by Crippen LogP contribution is 2.37. The minimum absolute atomic E-state index is 0.0547. The second-order valence-corrected chi connectivity index (χ2v) is 7.42. The van der Waals surface area contributed by atoms with Crippen LogP contribution < -0.4 is 0 Å². The summed E-state index contributed by atoms with van der Waals surface area (Å²) in [6.07, 6.45) is -3.62. The van der Waals surface area contributed by atoms with Gasteiger partial charge in [-0.3, -0.25) is 4.79 Å². The molecule has 1 aromatic heterocycles. The number of Topliss-reactive ketones (excluding diaryl/α,β-unsaturated/α-hetero) is 1. The van der Waals surface area contributed by atoms with E-state index in [2.05, 4.69) is 0 Å². The van der Waals surface area contributed by atoms with E-state index in [0.29, 0.717) is 22.2 Å². The van der Waals surface area contributed by atoms with Gasteiger partial charge in [-0.15, -0.1) is 11.3 Å². The first-order valence-corrected chi connectivity index (χ1v) is 8.90. The molecule has 6 heteroatoms. The number of alkyl halides is 3. The number of fused-ring (bicyclic) bond motifs is 1. The van der Waals surface area contributed by atoms with Crippen molar-refractivity contribution in [3.05, 3.63) is 63.5 Å². The van der Waals surface area contributed by atoms with E-state index >= 15 is 0 Å². The molecule has 0 aliphatic heterocycles. The Labute approximate surface area is 152 Å². The lowest BCUT2D eigenvalue weighted by Crippen LogP contribution is -2.03. The molecular formula is C20H17F3O2S. The topological polar surface area (TPSA) is 37.3 Å². The highest BCUT2D eigenvalue weighted by Gasteiger charge is 2.30. The summed E-state index contributed by atoms with van der Waals surface area (Å²) in [4.78, 5) is 13.3. The third-order valence-electron chi connectivity index (χ3n) is 4.46. The van der Waals surface area contributed by atoms with Crippen molar-refractivity contribution in [2.75, 3.05) is 0 Å². The maximum Gasteiger partial charge on any atom is 0.416 e. The molecule has 0 bridgehead atoms. The lowest BCUT2D eigenvalue weighted by atomic mass is 10.0. The molecule has 0 aliphatic carbocycles. The van der Waals surface area contributed by atoms with Crippen LogP contribution in [0.25, 0.3) is 10.1 Å². The number of hydrogen-bond acceptors (Lipinski definition) is 3. The van der Waals surface area contributed by atoms with Crippen molar-refractivity contribution >= 4 is 27.2 Å². The Hall–Kier alpha value is -2.34. The van der Waals surface area contributed by atoms with Crippen LogP contribution in [0.5, 0.6) is 5.75 Å². The minimum atomic E-state index is -4.36. The van der Waals surface area contributed by atoms with Gasteiger partial charge < -0.3 is 5.11 Å². The maximum atomic E-state index is 12.9. The second kappa shape index (κ2) is 6.76. The first kappa shape index (κ1) is 18.5. The molecule has 0 unspecified atom stereocenters. The van der Waals surface area contributed by atoms with Crippen molar-refractivity contribution in [1.82, 2.24) is 0 Å². The van der Waals surface area contributed by atoms with Crippen molar-refractivity contribution in [3.63, 3.8) is 0 Å². The fourth-order valence-electron chi connectivity index (χ4n) is 2.89. The summed E-state index contributed by atoms with van der Waals surface area (Å²) in [5, 5.41) is 10.3. The third-order valence-corrected chi connectivity index (χ3v) is 5.78. The minimum Gasteiger partial charge on any atom is -0.508 e. The number of aryl methyl sites for hydroxylation is 3. The molecule has 2 aromatic carbocycles. The quantitative estimate of drug-likeness (QED) is 0.561. The van der Waals surface area contributed by atoms with Crippen molar-refractivity contribution in [1.29, 1.82) is 0 Å². The molecule has 0 amide bonds. The molecular weight excluding hydrogens is 361 g/mol. The normalized spacial score (nSPS) is 11.9. The lowest BCUT2D eigenvalue weighted by Gasteiger charge is -2.05. The number of aromatic hydroxyl groups is 1. The fourth-order valence-corrected chi connectivity index (χ4v) is 4.14. The van der Waals surface area contributed by atoms with Gasteiger partial charge in [0.1, 0.15) is 5.75 Å². The summed E-state index contributed by atoms with van der Waals surface area (Å²) in [5.41, 5.74) is 1.42. The zero-order valence-corrected chi connectivity index (χ0v) is 15.1. The smallest absolute Gasteiger partial charge is 0.416 e. The van der Waals surface area contributed by atoms with E-state index in [9.17, 15) is 23.1 Å². The highest BCUT2D eigenvalue weighted by atomic mass is 32.1. The predicted octanol–water partition coefficient (Wildman–Crippen LogP) is 6.06. The van der Waals surface area contributed by atoms with Gasteiger partial charge in [0.2, 0.25) is 0 Å². The standard InChI is InChI=1S/C20H17F3O2S/c1-11-9-13(3-6-16(11)24)17(25)7-8-18-12(2)15-5-4-14(20(21,22)23)10-19(15)26-18/h3-6,9-10,24H,7-8H2,1-2H3. The van der Waals surface area contributed by atoms with E-state index in [-0.39, 0.29) is 18.0 Å².